The number of halogens is 1. The molecule has 2 nitrogen and oxygen atoms in total. The predicted molar refractivity (Wildman–Crippen MR) is 69.4 cm³/mol. The van der Waals surface area contributed by atoms with E-state index < -0.39 is 0 Å². The zero-order valence-corrected chi connectivity index (χ0v) is 11.5. The van der Waals surface area contributed by atoms with Gasteiger partial charge in [-0.2, -0.15) is 0 Å². The third-order valence-corrected chi connectivity index (χ3v) is 3.59. The molecule has 1 aromatic heterocycles. The van der Waals surface area contributed by atoms with Gasteiger partial charge in [0.15, 0.2) is 0 Å². The summed E-state index contributed by atoms with van der Waals surface area (Å²) in [6.45, 7) is 6.54. The summed E-state index contributed by atoms with van der Waals surface area (Å²) in [5, 5.41) is 0. The zero-order chi connectivity index (χ0) is 11.4. The van der Waals surface area contributed by atoms with Crippen molar-refractivity contribution in [3.63, 3.8) is 0 Å². The summed E-state index contributed by atoms with van der Waals surface area (Å²) in [5.74, 6) is 1.05. The Bertz CT molecular complexity index is 325. The van der Waals surface area contributed by atoms with Crippen LogP contribution < -0.4 is 4.90 Å². The molecule has 0 bridgehead atoms. The van der Waals surface area contributed by atoms with E-state index in [2.05, 4.69) is 59.7 Å². The van der Waals surface area contributed by atoms with Crippen LogP contribution >= 0.6 is 15.9 Å². The highest BCUT2D eigenvalue weighted by Gasteiger charge is 2.10. The lowest BCUT2D eigenvalue weighted by molar-refractivity contribution is 0.611. The molecule has 0 aliphatic carbocycles. The molecular formula is C12H19BrN2. The Labute approximate surface area is 101 Å². The maximum Gasteiger partial charge on any atom is 0.128 e. The first-order valence-corrected chi connectivity index (χ1v) is 6.20. The molecule has 0 fully saturated rings. The number of aryl methyl sites for hydroxylation is 1. The van der Waals surface area contributed by atoms with Crippen LogP contribution in [0, 0.1) is 6.92 Å². The molecular weight excluding hydrogens is 252 g/mol. The van der Waals surface area contributed by atoms with Crippen molar-refractivity contribution >= 4 is 21.7 Å². The van der Waals surface area contributed by atoms with E-state index in [4.69, 9.17) is 0 Å². The van der Waals surface area contributed by atoms with Gasteiger partial charge in [-0.15, -0.1) is 0 Å². The summed E-state index contributed by atoms with van der Waals surface area (Å²) in [4.78, 5) is 6.66. The molecule has 0 aromatic carbocycles. The van der Waals surface area contributed by atoms with Crippen molar-refractivity contribution in [1.82, 2.24) is 4.98 Å². The molecule has 0 aliphatic heterocycles. The second kappa shape index (κ2) is 5.50. The fraction of sp³-hybridized carbons (Fsp3) is 0.583. The first kappa shape index (κ1) is 12.5. The van der Waals surface area contributed by atoms with Gasteiger partial charge in [-0.1, -0.05) is 13.3 Å². The summed E-state index contributed by atoms with van der Waals surface area (Å²) >= 11 is 3.47. The first-order valence-electron chi connectivity index (χ1n) is 5.41. The maximum absolute atomic E-state index is 4.42. The Balaban J connectivity index is 2.81. The van der Waals surface area contributed by atoms with Gasteiger partial charge in [0, 0.05) is 23.8 Å². The summed E-state index contributed by atoms with van der Waals surface area (Å²) in [5.41, 5.74) is 1.23. The van der Waals surface area contributed by atoms with Gasteiger partial charge >= 0.3 is 0 Å². The van der Waals surface area contributed by atoms with Crippen LogP contribution in [-0.4, -0.2) is 18.1 Å². The van der Waals surface area contributed by atoms with E-state index in [1.807, 2.05) is 6.20 Å². The number of hydrogen-bond acceptors (Lipinski definition) is 2. The average Bonchev–Trinajstić information content (AvgIpc) is 2.21. The fourth-order valence-electron chi connectivity index (χ4n) is 1.55. The summed E-state index contributed by atoms with van der Waals surface area (Å²) in [6.07, 6.45) is 4.29. The number of hydrogen-bond donors (Lipinski definition) is 0. The van der Waals surface area contributed by atoms with Gasteiger partial charge in [0.25, 0.3) is 0 Å². The fourth-order valence-corrected chi connectivity index (χ4v) is 1.77. The van der Waals surface area contributed by atoms with Crippen LogP contribution in [0.2, 0.25) is 0 Å². The maximum atomic E-state index is 4.42. The van der Waals surface area contributed by atoms with Gasteiger partial charge in [-0.3, -0.25) is 0 Å². The van der Waals surface area contributed by atoms with Crippen molar-refractivity contribution in [2.45, 2.75) is 39.7 Å². The summed E-state index contributed by atoms with van der Waals surface area (Å²) in [6, 6.07) is 2.67. The van der Waals surface area contributed by atoms with E-state index >= 15 is 0 Å². The van der Waals surface area contributed by atoms with Crippen LogP contribution in [0.3, 0.4) is 0 Å². The quantitative estimate of drug-likeness (QED) is 0.828. The second-order valence-electron chi connectivity index (χ2n) is 4.04. The van der Waals surface area contributed by atoms with E-state index in [-0.39, 0.29) is 0 Å². The van der Waals surface area contributed by atoms with Crippen LogP contribution in [0.25, 0.3) is 0 Å². The molecule has 0 spiro atoms. The van der Waals surface area contributed by atoms with Crippen LogP contribution in [0.1, 0.15) is 32.3 Å². The van der Waals surface area contributed by atoms with E-state index in [1.54, 1.807) is 0 Å². The van der Waals surface area contributed by atoms with Gasteiger partial charge in [0.2, 0.25) is 0 Å². The molecule has 0 radical (unpaired) electrons. The van der Waals surface area contributed by atoms with Crippen LogP contribution in [0.15, 0.2) is 16.7 Å². The zero-order valence-electron chi connectivity index (χ0n) is 9.92. The van der Waals surface area contributed by atoms with Crippen LogP contribution in [-0.2, 0) is 0 Å². The topological polar surface area (TPSA) is 16.1 Å². The molecule has 0 aliphatic rings. The lowest BCUT2D eigenvalue weighted by Gasteiger charge is -2.26. The molecule has 84 valence electrons. The molecule has 0 saturated carbocycles. The van der Waals surface area contributed by atoms with Gasteiger partial charge in [0.05, 0.1) is 0 Å². The standard InChI is InChI=1S/C12H19BrN2/c1-5-6-10(3)15(4)12-7-9(2)11(13)8-14-12/h7-8,10H,5-6H2,1-4H3. The van der Waals surface area contributed by atoms with E-state index in [0.717, 1.165) is 10.3 Å². The number of rotatable bonds is 4. The molecule has 1 aromatic rings. The number of nitrogens with zero attached hydrogens (tertiary/aromatic N) is 2. The molecule has 15 heavy (non-hydrogen) atoms. The van der Waals surface area contributed by atoms with Gasteiger partial charge in [-0.05, 0) is 47.8 Å². The SMILES string of the molecule is CCCC(C)N(C)c1cc(C)c(Br)cn1. The van der Waals surface area contributed by atoms with Gasteiger partial charge in [0.1, 0.15) is 5.82 Å². The lowest BCUT2D eigenvalue weighted by atomic mass is 10.1. The van der Waals surface area contributed by atoms with Crippen molar-refractivity contribution in [2.75, 3.05) is 11.9 Å². The lowest BCUT2D eigenvalue weighted by Crippen LogP contribution is -2.29. The van der Waals surface area contributed by atoms with Crippen molar-refractivity contribution in [3.05, 3.63) is 22.3 Å². The minimum atomic E-state index is 0.545. The van der Waals surface area contributed by atoms with E-state index in [1.165, 1.54) is 18.4 Å². The first-order chi connectivity index (χ1) is 7.06. The highest BCUT2D eigenvalue weighted by Crippen LogP contribution is 2.21. The summed E-state index contributed by atoms with van der Waals surface area (Å²) in [7, 11) is 2.11. The molecule has 1 unspecified atom stereocenters. The Kier molecular flexibility index (Phi) is 4.58. The third-order valence-electron chi connectivity index (χ3n) is 2.76. The molecule has 1 atom stereocenters. The van der Waals surface area contributed by atoms with E-state index in [9.17, 15) is 0 Å². The highest BCUT2D eigenvalue weighted by molar-refractivity contribution is 9.10. The van der Waals surface area contributed by atoms with Crippen molar-refractivity contribution in [2.24, 2.45) is 0 Å². The smallest absolute Gasteiger partial charge is 0.128 e. The second-order valence-corrected chi connectivity index (χ2v) is 4.89. The number of anilines is 1. The molecule has 1 heterocycles. The van der Waals surface area contributed by atoms with E-state index in [0.29, 0.717) is 6.04 Å². The van der Waals surface area contributed by atoms with Crippen molar-refractivity contribution < 1.29 is 0 Å². The van der Waals surface area contributed by atoms with Crippen molar-refractivity contribution in [1.29, 1.82) is 0 Å². The normalized spacial score (nSPS) is 12.6. The average molecular weight is 271 g/mol. The monoisotopic (exact) mass is 270 g/mol. The minimum absolute atomic E-state index is 0.545. The molecule has 3 heteroatoms. The number of pyridine rings is 1. The highest BCUT2D eigenvalue weighted by atomic mass is 79.9. The van der Waals surface area contributed by atoms with Crippen molar-refractivity contribution in [3.8, 4) is 0 Å². The minimum Gasteiger partial charge on any atom is -0.357 e. The Morgan fingerprint density at radius 3 is 2.73 bits per heavy atom. The molecule has 0 amide bonds. The number of aromatic nitrogens is 1. The molecule has 0 N–H and O–H groups in total. The molecule has 0 saturated heterocycles. The predicted octanol–water partition coefficient (Wildman–Crippen LogP) is 3.78. The van der Waals surface area contributed by atoms with Gasteiger partial charge in [-0.25, -0.2) is 4.98 Å². The van der Waals surface area contributed by atoms with Gasteiger partial charge < -0.3 is 4.90 Å². The largest absolute Gasteiger partial charge is 0.357 e. The van der Waals surface area contributed by atoms with Crippen LogP contribution in [0.5, 0.6) is 0 Å². The summed E-state index contributed by atoms with van der Waals surface area (Å²) < 4.78 is 1.07. The van der Waals surface area contributed by atoms with Crippen LogP contribution in [0.4, 0.5) is 5.82 Å². The third kappa shape index (κ3) is 3.20. The Hall–Kier alpha value is -0.570. The molecule has 1 rings (SSSR count). The Morgan fingerprint density at radius 1 is 1.53 bits per heavy atom. The Morgan fingerprint density at radius 2 is 2.20 bits per heavy atom.